The number of rotatable bonds is 4. The van der Waals surface area contributed by atoms with Crippen LogP contribution in [0.1, 0.15) is 64.0 Å². The van der Waals surface area contributed by atoms with Crippen LogP contribution < -0.4 is 5.73 Å². The van der Waals surface area contributed by atoms with E-state index in [9.17, 15) is 4.39 Å². The van der Waals surface area contributed by atoms with Gasteiger partial charge in [-0.25, -0.2) is 18.7 Å². The van der Waals surface area contributed by atoms with Gasteiger partial charge in [0, 0.05) is 49.0 Å². The Labute approximate surface area is 217 Å². The molecule has 0 bridgehead atoms. The number of benzene rings is 1. The van der Waals surface area contributed by atoms with Crippen molar-refractivity contribution >= 4 is 16.9 Å². The molecule has 2 saturated heterocycles. The third kappa shape index (κ3) is 6.40. The van der Waals surface area contributed by atoms with Crippen LogP contribution in [-0.4, -0.2) is 58.4 Å². The van der Waals surface area contributed by atoms with Crippen LogP contribution in [-0.2, 0) is 16.0 Å². The van der Waals surface area contributed by atoms with E-state index in [-0.39, 0.29) is 35.2 Å². The summed E-state index contributed by atoms with van der Waals surface area (Å²) in [6.45, 7) is 12.4. The number of pyridine rings is 1. The number of halogens is 2. The van der Waals surface area contributed by atoms with Crippen molar-refractivity contribution in [1.29, 1.82) is 0 Å². The number of hydrogen-bond acceptors (Lipinski definition) is 7. The molecule has 2 atom stereocenters. The van der Waals surface area contributed by atoms with E-state index in [4.69, 9.17) is 15.2 Å². The van der Waals surface area contributed by atoms with Crippen molar-refractivity contribution in [2.24, 2.45) is 0 Å². The van der Waals surface area contributed by atoms with Crippen LogP contribution in [0.2, 0.25) is 0 Å². The van der Waals surface area contributed by atoms with E-state index < -0.39 is 11.6 Å². The molecule has 2 fully saturated rings. The molecule has 200 valence electrons. The maximum atomic E-state index is 15.0. The van der Waals surface area contributed by atoms with Gasteiger partial charge in [-0.3, -0.25) is 9.88 Å². The molecule has 0 spiro atoms. The molecule has 1 aromatic carbocycles. The Morgan fingerprint density at radius 3 is 2.27 bits per heavy atom. The third-order valence-corrected chi connectivity index (χ3v) is 6.94. The maximum Gasteiger partial charge on any atom is 0.220 e. The van der Waals surface area contributed by atoms with Crippen LogP contribution in [0.25, 0.3) is 22.2 Å². The number of nitrogens with two attached hydrogens (primary N) is 1. The number of fused-ring (bicyclic) bond motifs is 1. The van der Waals surface area contributed by atoms with E-state index in [1.54, 1.807) is 12.3 Å². The van der Waals surface area contributed by atoms with Gasteiger partial charge in [-0.1, -0.05) is 13.8 Å². The second-order valence-electron chi connectivity index (χ2n) is 10.2. The van der Waals surface area contributed by atoms with Gasteiger partial charge in [-0.2, -0.15) is 0 Å². The van der Waals surface area contributed by atoms with Crippen molar-refractivity contribution in [2.75, 3.05) is 32.2 Å². The number of nitrogens with zero attached hydrogens (tertiary/aromatic N) is 4. The van der Waals surface area contributed by atoms with Gasteiger partial charge in [0.25, 0.3) is 0 Å². The van der Waals surface area contributed by atoms with E-state index in [1.165, 1.54) is 25.3 Å². The lowest BCUT2D eigenvalue weighted by Gasteiger charge is -2.39. The van der Waals surface area contributed by atoms with Gasteiger partial charge in [0.1, 0.15) is 17.0 Å². The molecule has 9 heteroatoms. The summed E-state index contributed by atoms with van der Waals surface area (Å²) in [5.74, 6) is -1.13. The van der Waals surface area contributed by atoms with Crippen LogP contribution in [0.15, 0.2) is 24.5 Å². The van der Waals surface area contributed by atoms with Crippen molar-refractivity contribution in [2.45, 2.75) is 71.5 Å². The lowest BCUT2D eigenvalue weighted by molar-refractivity contribution is -0.0411. The summed E-state index contributed by atoms with van der Waals surface area (Å²) in [6.07, 6.45) is 6.69. The van der Waals surface area contributed by atoms with Gasteiger partial charge >= 0.3 is 0 Å². The summed E-state index contributed by atoms with van der Waals surface area (Å²) in [6, 6.07) is 3.53. The van der Waals surface area contributed by atoms with Crippen LogP contribution in [0.4, 0.5) is 14.7 Å². The molecular formula is C28H37F2N5O2. The predicted octanol–water partition coefficient (Wildman–Crippen LogP) is 5.47. The summed E-state index contributed by atoms with van der Waals surface area (Å²) >= 11 is 0. The van der Waals surface area contributed by atoms with Gasteiger partial charge in [0.05, 0.1) is 19.4 Å². The van der Waals surface area contributed by atoms with Gasteiger partial charge in [-0.05, 0) is 62.3 Å². The van der Waals surface area contributed by atoms with Crippen molar-refractivity contribution < 1.29 is 18.3 Å². The van der Waals surface area contributed by atoms with Crippen LogP contribution >= 0.6 is 0 Å². The fourth-order valence-electron chi connectivity index (χ4n) is 5.08. The zero-order valence-electron chi connectivity index (χ0n) is 22.1. The Balaban J connectivity index is 0.000000469. The minimum absolute atomic E-state index is 0.0242. The quantitative estimate of drug-likeness (QED) is 0.495. The molecule has 2 N–H and O–H groups in total. The lowest BCUT2D eigenvalue weighted by Crippen LogP contribution is -2.49. The zero-order valence-corrected chi connectivity index (χ0v) is 22.1. The van der Waals surface area contributed by atoms with Crippen LogP contribution in [0.5, 0.6) is 0 Å². The second kappa shape index (κ2) is 12.2. The van der Waals surface area contributed by atoms with Crippen molar-refractivity contribution in [3.05, 3.63) is 47.3 Å². The predicted molar refractivity (Wildman–Crippen MR) is 141 cm³/mol. The largest absolute Gasteiger partial charge is 0.381 e. The van der Waals surface area contributed by atoms with Crippen molar-refractivity contribution in [3.8, 4) is 11.3 Å². The van der Waals surface area contributed by atoms with Gasteiger partial charge in [-0.15, -0.1) is 0 Å². The number of ether oxygens (including phenoxy) is 2. The average molecular weight is 514 g/mol. The Morgan fingerprint density at radius 2 is 1.68 bits per heavy atom. The highest BCUT2D eigenvalue weighted by molar-refractivity contribution is 5.88. The summed E-state index contributed by atoms with van der Waals surface area (Å²) in [5, 5.41) is 0.660. The summed E-state index contributed by atoms with van der Waals surface area (Å²) in [4.78, 5) is 14.5. The van der Waals surface area contributed by atoms with E-state index in [0.29, 0.717) is 30.7 Å². The first-order valence-corrected chi connectivity index (χ1v) is 13.1. The van der Waals surface area contributed by atoms with Gasteiger partial charge in [0.15, 0.2) is 5.82 Å². The van der Waals surface area contributed by atoms with Gasteiger partial charge < -0.3 is 15.2 Å². The van der Waals surface area contributed by atoms with E-state index in [2.05, 4.69) is 47.5 Å². The minimum atomic E-state index is -0.654. The SMILES string of the molecule is C1CCOCC1.CC(C)c1c(CN2C(C)COCC2C)cnc2c(F)cc(-c3nc(N)ncc3F)cc12. The first kappa shape index (κ1) is 27.3. The third-order valence-electron chi connectivity index (χ3n) is 6.94. The zero-order chi connectivity index (χ0) is 26.5. The minimum Gasteiger partial charge on any atom is -0.381 e. The topological polar surface area (TPSA) is 86.4 Å². The smallest absolute Gasteiger partial charge is 0.220 e. The Kier molecular flexibility index (Phi) is 9.00. The monoisotopic (exact) mass is 513 g/mol. The number of nitrogen functional groups attached to an aromatic ring is 1. The average Bonchev–Trinajstić information content (AvgIpc) is 2.88. The molecule has 2 aliphatic heterocycles. The van der Waals surface area contributed by atoms with Crippen LogP contribution in [0.3, 0.4) is 0 Å². The molecule has 37 heavy (non-hydrogen) atoms. The van der Waals surface area contributed by atoms with E-state index >= 15 is 4.39 Å². The number of hydrogen-bond donors (Lipinski definition) is 1. The molecular weight excluding hydrogens is 476 g/mol. The maximum absolute atomic E-state index is 15.0. The molecule has 2 unspecified atom stereocenters. The highest BCUT2D eigenvalue weighted by Gasteiger charge is 2.27. The standard InChI is InChI=1S/C23H27F2N5O.C5H10O/c1-12(2)20-16(9-30-13(3)10-31-11-14(30)4)7-27-22-17(20)5-15(6-18(22)24)21-19(25)8-28-23(26)29-21;1-2-4-6-5-3-1/h5-8,12-14H,9-11H2,1-4H3,(H2,26,28,29);1-5H2. The first-order valence-electron chi connectivity index (χ1n) is 13.1. The summed E-state index contributed by atoms with van der Waals surface area (Å²) < 4.78 is 40.1. The Morgan fingerprint density at radius 1 is 0.973 bits per heavy atom. The Bertz CT molecular complexity index is 1200. The highest BCUT2D eigenvalue weighted by atomic mass is 19.1. The van der Waals surface area contributed by atoms with Crippen molar-refractivity contribution in [1.82, 2.24) is 19.9 Å². The molecule has 5 rings (SSSR count). The fourth-order valence-corrected chi connectivity index (χ4v) is 5.08. The molecule has 0 aliphatic carbocycles. The number of morpholine rings is 1. The van der Waals surface area contributed by atoms with E-state index in [1.807, 2.05) is 0 Å². The van der Waals surface area contributed by atoms with E-state index in [0.717, 1.165) is 30.5 Å². The molecule has 7 nitrogen and oxygen atoms in total. The molecule has 0 radical (unpaired) electrons. The normalized spacial score (nSPS) is 20.6. The number of anilines is 1. The number of aromatic nitrogens is 3. The molecule has 0 amide bonds. The Hall–Kier alpha value is -2.75. The highest BCUT2D eigenvalue weighted by Crippen LogP contribution is 2.34. The molecule has 3 aromatic rings. The summed E-state index contributed by atoms with van der Waals surface area (Å²) in [5.41, 5.74) is 8.22. The van der Waals surface area contributed by atoms with Gasteiger partial charge in [0.2, 0.25) is 5.95 Å². The first-order chi connectivity index (χ1) is 17.8. The van der Waals surface area contributed by atoms with Crippen molar-refractivity contribution in [3.63, 3.8) is 0 Å². The summed E-state index contributed by atoms with van der Waals surface area (Å²) in [7, 11) is 0. The second-order valence-corrected chi connectivity index (χ2v) is 10.2. The molecule has 2 aliphatic rings. The molecule has 2 aromatic heterocycles. The molecule has 0 saturated carbocycles. The molecule has 4 heterocycles. The lowest BCUT2D eigenvalue weighted by atomic mass is 9.91. The van der Waals surface area contributed by atoms with Crippen LogP contribution in [0, 0.1) is 11.6 Å². The fraction of sp³-hybridized carbons (Fsp3) is 0.536.